The van der Waals surface area contributed by atoms with Crippen LogP contribution in [-0.2, 0) is 29.0 Å². The lowest BCUT2D eigenvalue weighted by Crippen LogP contribution is -2.34. The molecule has 41 heavy (non-hydrogen) atoms. The van der Waals surface area contributed by atoms with Gasteiger partial charge in [0.05, 0.1) is 57.1 Å². The second kappa shape index (κ2) is 13.6. The number of amides is 1. The van der Waals surface area contributed by atoms with E-state index in [4.69, 9.17) is 18.6 Å². The summed E-state index contributed by atoms with van der Waals surface area (Å²) < 4.78 is 63.1. The fourth-order valence-corrected chi connectivity index (χ4v) is 5.43. The Morgan fingerprint density at radius 2 is 1.66 bits per heavy atom. The molecule has 1 N–H and O–H groups in total. The molecule has 10 nitrogen and oxygen atoms in total. The number of fused-ring (bicyclic) bond motifs is 1. The lowest BCUT2D eigenvalue weighted by Gasteiger charge is -2.25. The largest absolute Gasteiger partial charge is 0.455 e. The summed E-state index contributed by atoms with van der Waals surface area (Å²) in [5.74, 6) is -0.404. The first kappa shape index (κ1) is 30.6. The number of sulfonamides is 1. The van der Waals surface area contributed by atoms with E-state index in [1.807, 2.05) is 6.07 Å². The minimum absolute atomic E-state index is 0.0501. The van der Waals surface area contributed by atoms with Crippen LogP contribution in [0.3, 0.4) is 0 Å². The molecular weight excluding hydrogens is 555 g/mol. The van der Waals surface area contributed by atoms with Gasteiger partial charge < -0.3 is 23.9 Å². The summed E-state index contributed by atoms with van der Waals surface area (Å²) in [6, 6.07) is 9.14. The number of halogens is 1. The lowest BCUT2D eigenvalue weighted by molar-refractivity contribution is -0.122. The number of furan rings is 1. The van der Waals surface area contributed by atoms with Crippen molar-refractivity contribution in [3.05, 3.63) is 53.3 Å². The van der Waals surface area contributed by atoms with Crippen molar-refractivity contribution in [1.29, 1.82) is 0 Å². The molecule has 0 aliphatic heterocycles. The molecule has 12 heteroatoms. The predicted octanol–water partition coefficient (Wildman–Crippen LogP) is 3.88. The van der Waals surface area contributed by atoms with Crippen LogP contribution in [0.4, 0.5) is 10.1 Å². The zero-order valence-corrected chi connectivity index (χ0v) is 24.2. The second-order valence-electron chi connectivity index (χ2n) is 9.89. The van der Waals surface area contributed by atoms with E-state index >= 15 is 0 Å². The average Bonchev–Trinajstić information content (AvgIpc) is 3.70. The maximum Gasteiger partial charge on any atom is 0.255 e. The van der Waals surface area contributed by atoms with Gasteiger partial charge in [0.1, 0.15) is 23.8 Å². The minimum Gasteiger partial charge on any atom is -0.455 e. The van der Waals surface area contributed by atoms with Crippen molar-refractivity contribution in [3.8, 4) is 11.3 Å². The first-order chi connectivity index (χ1) is 19.6. The van der Waals surface area contributed by atoms with Gasteiger partial charge in [0.25, 0.3) is 5.91 Å². The third kappa shape index (κ3) is 7.91. The Hall–Kier alpha value is -3.32. The maximum absolute atomic E-state index is 13.6. The van der Waals surface area contributed by atoms with Crippen LogP contribution in [0.1, 0.15) is 41.6 Å². The highest BCUT2D eigenvalue weighted by atomic mass is 32.2. The third-order valence-corrected chi connectivity index (χ3v) is 7.75. The number of nitrogens with one attached hydrogen (secondary N) is 1. The topological polar surface area (TPSA) is 124 Å². The van der Waals surface area contributed by atoms with Crippen molar-refractivity contribution in [2.24, 2.45) is 0 Å². The van der Waals surface area contributed by atoms with Gasteiger partial charge in [-0.15, -0.1) is 0 Å². The number of nitrogens with zero attached hydrogens (tertiary/aromatic N) is 1. The van der Waals surface area contributed by atoms with Crippen molar-refractivity contribution in [2.75, 3.05) is 63.8 Å². The Morgan fingerprint density at radius 3 is 2.24 bits per heavy atom. The van der Waals surface area contributed by atoms with Crippen LogP contribution >= 0.6 is 0 Å². The van der Waals surface area contributed by atoms with E-state index < -0.39 is 15.8 Å². The molecule has 0 radical (unpaired) electrons. The van der Waals surface area contributed by atoms with Crippen molar-refractivity contribution in [3.63, 3.8) is 0 Å². The summed E-state index contributed by atoms with van der Waals surface area (Å²) in [5, 5.41) is 3.20. The molecule has 222 valence electrons. The quantitative estimate of drug-likeness (QED) is 0.249. The summed E-state index contributed by atoms with van der Waals surface area (Å²) in [6.07, 6.45) is 2.94. The molecule has 3 aromatic rings. The second-order valence-corrected chi connectivity index (χ2v) is 11.8. The zero-order chi connectivity index (χ0) is 29.6. The van der Waals surface area contributed by atoms with Crippen LogP contribution in [0.2, 0.25) is 0 Å². The van der Waals surface area contributed by atoms with Gasteiger partial charge >= 0.3 is 0 Å². The number of rotatable bonds is 16. The standard InChI is InChI=1S/C29H35FN2O8S/c1-19(33)18-39-15-14-38-13-12-37-11-10-32(41(3,35)36)25-17-26-24(16-23(25)20-4-5-20)27(29(34)31-2)28(40-26)21-6-8-22(30)9-7-21/h6-9,16-17,20H,4-5,10-15,18H2,1-3H3,(H,31,34). The summed E-state index contributed by atoms with van der Waals surface area (Å²) in [7, 11) is -2.18. The van der Waals surface area contributed by atoms with E-state index in [1.54, 1.807) is 6.07 Å². The van der Waals surface area contributed by atoms with Crippen LogP contribution in [0.25, 0.3) is 22.3 Å². The normalized spacial score (nSPS) is 13.5. The summed E-state index contributed by atoms with van der Waals surface area (Å²) >= 11 is 0. The fourth-order valence-electron chi connectivity index (χ4n) is 4.51. The van der Waals surface area contributed by atoms with Gasteiger partial charge in [-0.2, -0.15) is 0 Å². The third-order valence-electron chi connectivity index (χ3n) is 6.57. The molecule has 1 fully saturated rings. The zero-order valence-electron chi connectivity index (χ0n) is 23.4. The highest BCUT2D eigenvalue weighted by Gasteiger charge is 2.33. The molecule has 0 saturated heterocycles. The Kier molecular flexibility index (Phi) is 10.1. The number of hydrogen-bond donors (Lipinski definition) is 1. The van der Waals surface area contributed by atoms with Gasteiger partial charge in [0.15, 0.2) is 5.78 Å². The number of ketones is 1. The van der Waals surface area contributed by atoms with Gasteiger partial charge in [-0.1, -0.05) is 0 Å². The van der Waals surface area contributed by atoms with Crippen LogP contribution in [0.5, 0.6) is 0 Å². The van der Waals surface area contributed by atoms with Crippen LogP contribution in [0, 0.1) is 5.82 Å². The van der Waals surface area contributed by atoms with Crippen LogP contribution in [-0.4, -0.2) is 79.6 Å². The molecular formula is C29H35FN2O8S. The summed E-state index contributed by atoms with van der Waals surface area (Å²) in [4.78, 5) is 23.8. The molecule has 0 bridgehead atoms. The van der Waals surface area contributed by atoms with E-state index in [-0.39, 0.29) is 49.7 Å². The Morgan fingerprint density at radius 1 is 1.02 bits per heavy atom. The van der Waals surface area contributed by atoms with E-state index in [9.17, 15) is 22.4 Å². The lowest BCUT2D eigenvalue weighted by atomic mass is 10.0. The Labute approximate surface area is 238 Å². The maximum atomic E-state index is 13.6. The Balaban J connectivity index is 1.55. The van der Waals surface area contributed by atoms with E-state index in [2.05, 4.69) is 5.32 Å². The molecule has 1 aliphatic carbocycles. The van der Waals surface area contributed by atoms with E-state index in [0.29, 0.717) is 47.6 Å². The van der Waals surface area contributed by atoms with Crippen LogP contribution in [0.15, 0.2) is 40.8 Å². The molecule has 1 aliphatic rings. The number of anilines is 1. The average molecular weight is 591 g/mol. The number of ether oxygens (including phenoxy) is 3. The first-order valence-corrected chi connectivity index (χ1v) is 15.2. The molecule has 4 rings (SSSR count). The molecule has 1 aromatic heterocycles. The number of carbonyl (C=O) groups is 2. The van der Waals surface area contributed by atoms with Gasteiger partial charge in [-0.05, 0) is 61.6 Å². The van der Waals surface area contributed by atoms with Crippen molar-refractivity contribution >= 4 is 38.4 Å². The van der Waals surface area contributed by atoms with Crippen molar-refractivity contribution < 1.29 is 41.0 Å². The van der Waals surface area contributed by atoms with E-state index in [0.717, 1.165) is 24.7 Å². The van der Waals surface area contributed by atoms with Crippen molar-refractivity contribution in [1.82, 2.24) is 5.32 Å². The van der Waals surface area contributed by atoms with Gasteiger partial charge in [-0.25, -0.2) is 12.8 Å². The molecule has 0 unspecified atom stereocenters. The molecule has 1 heterocycles. The highest BCUT2D eigenvalue weighted by molar-refractivity contribution is 7.92. The molecule has 1 amide bonds. The van der Waals surface area contributed by atoms with Gasteiger partial charge in [0, 0.05) is 24.1 Å². The minimum atomic E-state index is -3.70. The Bertz CT molecular complexity index is 1480. The molecule has 0 spiro atoms. The smallest absolute Gasteiger partial charge is 0.255 e. The number of benzene rings is 2. The molecule has 2 aromatic carbocycles. The SMILES string of the molecule is CNC(=O)c1c(-c2ccc(F)cc2)oc2cc(N(CCOCCOCCOCC(C)=O)S(C)(=O)=O)c(C3CC3)cc12. The highest BCUT2D eigenvalue weighted by Crippen LogP contribution is 2.48. The molecule has 1 saturated carbocycles. The van der Waals surface area contributed by atoms with Crippen LogP contribution < -0.4 is 9.62 Å². The first-order valence-electron chi connectivity index (χ1n) is 13.4. The number of carbonyl (C=O) groups excluding carboxylic acids is 2. The monoisotopic (exact) mass is 590 g/mol. The van der Waals surface area contributed by atoms with Gasteiger partial charge in [-0.3, -0.25) is 13.9 Å². The summed E-state index contributed by atoms with van der Waals surface area (Å²) in [5.41, 5.74) is 2.47. The summed E-state index contributed by atoms with van der Waals surface area (Å²) in [6.45, 7) is 2.86. The number of Topliss-reactive ketones (excluding diaryl/α,β-unsaturated/α-hetero) is 1. The van der Waals surface area contributed by atoms with Crippen molar-refractivity contribution in [2.45, 2.75) is 25.7 Å². The fraction of sp³-hybridized carbons (Fsp3) is 0.448. The molecule has 0 atom stereocenters. The predicted molar refractivity (Wildman–Crippen MR) is 152 cm³/mol. The number of hydrogen-bond acceptors (Lipinski definition) is 8. The van der Waals surface area contributed by atoms with Gasteiger partial charge in [0.2, 0.25) is 10.0 Å². The van der Waals surface area contributed by atoms with E-state index in [1.165, 1.54) is 42.5 Å².